The minimum atomic E-state index is -0.628. The van der Waals surface area contributed by atoms with Crippen LogP contribution in [-0.2, 0) is 9.53 Å². The van der Waals surface area contributed by atoms with Gasteiger partial charge in [-0.2, -0.15) is 5.26 Å². The van der Waals surface area contributed by atoms with E-state index >= 15 is 0 Å². The summed E-state index contributed by atoms with van der Waals surface area (Å²) in [6, 6.07) is 8.72. The Bertz CT molecular complexity index is 914. The van der Waals surface area contributed by atoms with E-state index in [1.165, 1.54) is 6.07 Å². The number of ether oxygens (including phenoxy) is 2. The molecule has 0 aliphatic carbocycles. The molecule has 24 heavy (non-hydrogen) atoms. The molecule has 7 heteroatoms. The van der Waals surface area contributed by atoms with Gasteiger partial charge < -0.3 is 14.5 Å². The molecule has 0 fully saturated rings. The molecule has 0 amide bonds. The lowest BCUT2D eigenvalue weighted by atomic mass is 9.95. The lowest BCUT2D eigenvalue weighted by Crippen LogP contribution is -2.23. The lowest BCUT2D eigenvalue weighted by Gasteiger charge is -2.28. The fourth-order valence-electron chi connectivity index (χ4n) is 2.65. The third-order valence-electron chi connectivity index (χ3n) is 3.68. The number of H-pyrrole nitrogens is 1. The molecule has 2 aromatic rings. The van der Waals surface area contributed by atoms with Crippen molar-refractivity contribution in [3.8, 4) is 23.1 Å². The van der Waals surface area contributed by atoms with Crippen LogP contribution in [-0.4, -0.2) is 17.6 Å². The van der Waals surface area contributed by atoms with E-state index < -0.39 is 17.6 Å². The molecule has 3 rings (SSSR count). The van der Waals surface area contributed by atoms with Gasteiger partial charge in [0.2, 0.25) is 0 Å². The highest BCUT2D eigenvalue weighted by Crippen LogP contribution is 2.43. The summed E-state index contributed by atoms with van der Waals surface area (Å²) < 4.78 is 11.7. The number of rotatable bonds is 3. The Balaban J connectivity index is 2.14. The van der Waals surface area contributed by atoms with Crippen LogP contribution in [0.5, 0.6) is 5.75 Å². The molecule has 0 bridgehead atoms. The smallest absolute Gasteiger partial charge is 0.309 e. The Hall–Kier alpha value is -2.59. The average Bonchev–Trinajstić information content (AvgIpc) is 2.55. The molecule has 0 radical (unpaired) electrons. The van der Waals surface area contributed by atoms with Crippen LogP contribution >= 0.6 is 15.9 Å². The second-order valence-corrected chi connectivity index (χ2v) is 6.13. The number of nitriles is 1. The van der Waals surface area contributed by atoms with E-state index in [9.17, 15) is 9.59 Å². The van der Waals surface area contributed by atoms with Crippen molar-refractivity contribution in [3.05, 3.63) is 50.2 Å². The molecule has 0 spiro atoms. The Morgan fingerprint density at radius 1 is 1.46 bits per heavy atom. The number of halogens is 1. The minimum Gasteiger partial charge on any atom is -0.484 e. The van der Waals surface area contributed by atoms with Crippen LogP contribution in [0.2, 0.25) is 0 Å². The monoisotopic (exact) mass is 388 g/mol. The normalized spacial score (nSPS) is 14.8. The predicted octanol–water partition coefficient (Wildman–Crippen LogP) is 3.06. The number of benzene rings is 1. The first-order valence-electron chi connectivity index (χ1n) is 7.33. The number of aromatic nitrogens is 1. The van der Waals surface area contributed by atoms with Crippen LogP contribution in [0.4, 0.5) is 0 Å². The molecule has 1 N–H and O–H groups in total. The Kier molecular flexibility index (Phi) is 4.40. The summed E-state index contributed by atoms with van der Waals surface area (Å²) in [5.41, 5.74) is 1.34. The van der Waals surface area contributed by atoms with Crippen molar-refractivity contribution in [1.29, 1.82) is 5.26 Å². The SMILES string of the molecule is CCOC(=O)CC1Oc2ccc(Br)cc2-c2[nH]c(=O)c(C#N)cc21. The summed E-state index contributed by atoms with van der Waals surface area (Å²) in [6.07, 6.45) is -0.635. The fraction of sp³-hybridized carbons (Fsp3) is 0.235. The number of nitrogens with one attached hydrogen (secondary N) is 1. The van der Waals surface area contributed by atoms with Gasteiger partial charge in [-0.05, 0) is 31.2 Å². The van der Waals surface area contributed by atoms with E-state index in [-0.39, 0.29) is 18.6 Å². The standard InChI is InChI=1S/C17H13BrN2O4/c1-2-23-15(21)7-14-11-5-9(8-19)17(22)20-16(11)12-6-10(18)3-4-13(12)24-14/h3-6,14H,2,7H2,1H3,(H,20,22). The molecule has 122 valence electrons. The summed E-state index contributed by atoms with van der Waals surface area (Å²) in [5, 5.41) is 9.10. The average molecular weight is 389 g/mol. The van der Waals surface area contributed by atoms with Crippen molar-refractivity contribution >= 4 is 21.9 Å². The predicted molar refractivity (Wildman–Crippen MR) is 89.5 cm³/mol. The van der Waals surface area contributed by atoms with Crippen LogP contribution in [0.1, 0.15) is 30.6 Å². The third-order valence-corrected chi connectivity index (χ3v) is 4.17. The summed E-state index contributed by atoms with van der Waals surface area (Å²) in [5.74, 6) is 0.152. The number of fused-ring (bicyclic) bond motifs is 3. The Morgan fingerprint density at radius 3 is 2.96 bits per heavy atom. The zero-order chi connectivity index (χ0) is 17.3. The fourth-order valence-corrected chi connectivity index (χ4v) is 3.01. The molecule has 1 unspecified atom stereocenters. The first-order chi connectivity index (χ1) is 11.5. The number of hydrogen-bond acceptors (Lipinski definition) is 5. The maximum Gasteiger partial charge on any atom is 0.309 e. The first-order valence-corrected chi connectivity index (χ1v) is 8.12. The number of carbonyl (C=O) groups excluding carboxylic acids is 1. The molecule has 1 atom stereocenters. The van der Waals surface area contributed by atoms with Gasteiger partial charge >= 0.3 is 5.97 Å². The summed E-state index contributed by atoms with van der Waals surface area (Å²) in [7, 11) is 0. The van der Waals surface area contributed by atoms with E-state index in [2.05, 4.69) is 20.9 Å². The van der Waals surface area contributed by atoms with Crippen LogP contribution in [0.3, 0.4) is 0 Å². The zero-order valence-corrected chi connectivity index (χ0v) is 14.3. The Labute approximate surface area is 146 Å². The van der Waals surface area contributed by atoms with E-state index in [4.69, 9.17) is 14.7 Å². The van der Waals surface area contributed by atoms with Crippen molar-refractivity contribution in [1.82, 2.24) is 4.98 Å². The van der Waals surface area contributed by atoms with Crippen LogP contribution in [0.15, 0.2) is 33.5 Å². The van der Waals surface area contributed by atoms with Gasteiger partial charge in [-0.25, -0.2) is 0 Å². The maximum atomic E-state index is 12.0. The molecule has 6 nitrogen and oxygen atoms in total. The largest absolute Gasteiger partial charge is 0.484 e. The number of pyridine rings is 1. The number of aromatic amines is 1. The van der Waals surface area contributed by atoms with Gasteiger partial charge in [0.05, 0.1) is 18.7 Å². The van der Waals surface area contributed by atoms with Gasteiger partial charge in [-0.15, -0.1) is 0 Å². The van der Waals surface area contributed by atoms with Gasteiger partial charge in [0, 0.05) is 15.6 Å². The van der Waals surface area contributed by atoms with Gasteiger partial charge in [0.25, 0.3) is 5.56 Å². The van der Waals surface area contributed by atoms with E-state index in [0.717, 1.165) is 4.47 Å². The number of esters is 1. The molecule has 1 aliphatic rings. The highest BCUT2D eigenvalue weighted by molar-refractivity contribution is 9.10. The number of carbonyl (C=O) groups is 1. The molecule has 0 saturated heterocycles. The maximum absolute atomic E-state index is 12.0. The van der Waals surface area contributed by atoms with Crippen LogP contribution in [0, 0.1) is 11.3 Å². The molecule has 1 aliphatic heterocycles. The molecule has 1 aromatic carbocycles. The van der Waals surface area contributed by atoms with E-state index in [1.807, 2.05) is 18.2 Å². The summed E-state index contributed by atoms with van der Waals surface area (Å²) >= 11 is 3.39. The summed E-state index contributed by atoms with van der Waals surface area (Å²) in [6.45, 7) is 2.00. The second-order valence-electron chi connectivity index (χ2n) is 5.21. The topological polar surface area (TPSA) is 92.2 Å². The van der Waals surface area contributed by atoms with Crippen molar-refractivity contribution in [2.24, 2.45) is 0 Å². The van der Waals surface area contributed by atoms with Crippen molar-refractivity contribution < 1.29 is 14.3 Å². The molecule has 0 saturated carbocycles. The van der Waals surface area contributed by atoms with Gasteiger partial charge in [-0.3, -0.25) is 9.59 Å². The second kappa shape index (κ2) is 6.49. The molecule has 1 aromatic heterocycles. The zero-order valence-electron chi connectivity index (χ0n) is 12.8. The number of nitrogens with zero attached hydrogens (tertiary/aromatic N) is 1. The van der Waals surface area contributed by atoms with Crippen LogP contribution < -0.4 is 10.3 Å². The van der Waals surface area contributed by atoms with E-state index in [0.29, 0.717) is 22.6 Å². The van der Waals surface area contributed by atoms with Crippen molar-refractivity contribution in [3.63, 3.8) is 0 Å². The highest BCUT2D eigenvalue weighted by Gasteiger charge is 2.30. The van der Waals surface area contributed by atoms with Crippen molar-refractivity contribution in [2.75, 3.05) is 6.61 Å². The lowest BCUT2D eigenvalue weighted by molar-refractivity contribution is -0.145. The minimum absolute atomic E-state index is 0.00669. The molecular formula is C17H13BrN2O4. The highest BCUT2D eigenvalue weighted by atomic mass is 79.9. The quantitative estimate of drug-likeness (QED) is 0.815. The van der Waals surface area contributed by atoms with Gasteiger partial charge in [0.1, 0.15) is 23.5 Å². The Morgan fingerprint density at radius 2 is 2.25 bits per heavy atom. The molecule has 2 heterocycles. The first kappa shape index (κ1) is 16.3. The van der Waals surface area contributed by atoms with E-state index in [1.54, 1.807) is 13.0 Å². The molecular weight excluding hydrogens is 376 g/mol. The van der Waals surface area contributed by atoms with Gasteiger partial charge in [0.15, 0.2) is 0 Å². The third kappa shape index (κ3) is 2.93. The van der Waals surface area contributed by atoms with Crippen molar-refractivity contribution in [2.45, 2.75) is 19.4 Å². The number of hydrogen-bond donors (Lipinski definition) is 1. The van der Waals surface area contributed by atoms with Gasteiger partial charge in [-0.1, -0.05) is 15.9 Å². The summed E-state index contributed by atoms with van der Waals surface area (Å²) in [4.78, 5) is 26.6. The van der Waals surface area contributed by atoms with Crippen LogP contribution in [0.25, 0.3) is 11.3 Å².